The van der Waals surface area contributed by atoms with Crippen molar-refractivity contribution in [1.82, 2.24) is 19.9 Å². The lowest BCUT2D eigenvalue weighted by atomic mass is 9.85. The van der Waals surface area contributed by atoms with E-state index >= 15 is 0 Å². The molecule has 39 heavy (non-hydrogen) atoms. The van der Waals surface area contributed by atoms with Crippen molar-refractivity contribution in [3.8, 4) is 21.3 Å². The SMILES string of the molecule is CC(C)(C)NS(=O)(=O)c1ccc(-c2sc(-c3nnc(C(C)(C)O)o3)nc2CC2CCCCC2)cc1C(F)(F)F. The fourth-order valence-electron chi connectivity index (χ4n) is 4.61. The molecule has 0 radical (unpaired) electrons. The topological polar surface area (TPSA) is 118 Å². The quantitative estimate of drug-likeness (QED) is 0.333. The largest absolute Gasteiger partial charge is 0.417 e. The van der Waals surface area contributed by atoms with Crippen LogP contribution in [0.3, 0.4) is 0 Å². The molecule has 0 amide bonds. The molecule has 3 aromatic rings. The summed E-state index contributed by atoms with van der Waals surface area (Å²) in [7, 11) is -4.45. The van der Waals surface area contributed by atoms with E-state index in [9.17, 15) is 26.7 Å². The van der Waals surface area contributed by atoms with Crippen molar-refractivity contribution >= 4 is 21.4 Å². The highest BCUT2D eigenvalue weighted by Gasteiger charge is 2.39. The number of halogens is 3. The molecule has 0 aliphatic heterocycles. The monoisotopic (exact) mass is 586 g/mol. The number of benzene rings is 1. The minimum absolute atomic E-state index is 0.0108. The van der Waals surface area contributed by atoms with E-state index in [4.69, 9.17) is 4.42 Å². The molecule has 0 spiro atoms. The van der Waals surface area contributed by atoms with Crippen LogP contribution in [0.5, 0.6) is 0 Å². The maximum absolute atomic E-state index is 14.2. The zero-order chi connectivity index (χ0) is 28.8. The van der Waals surface area contributed by atoms with Crippen molar-refractivity contribution in [3.05, 3.63) is 35.3 Å². The first-order chi connectivity index (χ1) is 17.9. The van der Waals surface area contributed by atoms with Crippen LogP contribution in [0.15, 0.2) is 27.5 Å². The maximum Gasteiger partial charge on any atom is 0.417 e. The Morgan fingerprint density at radius 1 is 1.08 bits per heavy atom. The predicted octanol–water partition coefficient (Wildman–Crippen LogP) is 6.31. The number of alkyl halides is 3. The van der Waals surface area contributed by atoms with E-state index in [0.717, 1.165) is 55.6 Å². The lowest BCUT2D eigenvalue weighted by Gasteiger charge is -2.23. The molecule has 1 aliphatic carbocycles. The van der Waals surface area contributed by atoms with Gasteiger partial charge in [-0.2, -0.15) is 13.2 Å². The summed E-state index contributed by atoms with van der Waals surface area (Å²) in [4.78, 5) is 4.34. The zero-order valence-corrected chi connectivity index (χ0v) is 24.1. The van der Waals surface area contributed by atoms with Gasteiger partial charge >= 0.3 is 6.18 Å². The third-order valence-electron chi connectivity index (χ3n) is 6.31. The van der Waals surface area contributed by atoms with E-state index < -0.39 is 37.8 Å². The van der Waals surface area contributed by atoms with Gasteiger partial charge in [0.15, 0.2) is 5.01 Å². The van der Waals surface area contributed by atoms with Gasteiger partial charge in [0.1, 0.15) is 5.60 Å². The first-order valence-electron chi connectivity index (χ1n) is 12.8. The average Bonchev–Trinajstić information content (AvgIpc) is 3.45. The Morgan fingerprint density at radius 2 is 1.74 bits per heavy atom. The Labute approximate surface area is 230 Å². The van der Waals surface area contributed by atoms with Gasteiger partial charge in [-0.25, -0.2) is 18.1 Å². The van der Waals surface area contributed by atoms with Crippen LogP contribution in [-0.4, -0.2) is 34.2 Å². The molecule has 1 aliphatic rings. The van der Waals surface area contributed by atoms with E-state index in [1.165, 1.54) is 19.9 Å². The number of sulfonamides is 1. The summed E-state index contributed by atoms with van der Waals surface area (Å²) in [5.74, 6) is 0.376. The summed E-state index contributed by atoms with van der Waals surface area (Å²) >= 11 is 1.10. The molecule has 2 heterocycles. The van der Waals surface area contributed by atoms with Gasteiger partial charge in [0.05, 0.1) is 21.0 Å². The summed E-state index contributed by atoms with van der Waals surface area (Å²) in [6.45, 7) is 7.67. The number of aromatic nitrogens is 3. The van der Waals surface area contributed by atoms with E-state index in [-0.39, 0.29) is 17.3 Å². The summed E-state index contributed by atoms with van der Waals surface area (Å²) < 4.78 is 76.3. The fraction of sp³-hybridized carbons (Fsp3) is 0.577. The van der Waals surface area contributed by atoms with Crippen LogP contribution in [0.2, 0.25) is 0 Å². The number of hydrogen-bond acceptors (Lipinski definition) is 8. The summed E-state index contributed by atoms with van der Waals surface area (Å²) in [5.41, 5.74) is -2.79. The molecule has 8 nitrogen and oxygen atoms in total. The molecule has 4 rings (SSSR count). The number of rotatable bonds is 7. The molecule has 2 aromatic heterocycles. The van der Waals surface area contributed by atoms with Crippen LogP contribution in [0, 0.1) is 5.92 Å². The number of hydrogen-bond donors (Lipinski definition) is 2. The molecule has 2 N–H and O–H groups in total. The molecular formula is C26H33F3N4O4S2. The van der Waals surface area contributed by atoms with Crippen LogP contribution >= 0.6 is 11.3 Å². The average molecular weight is 587 g/mol. The molecule has 0 saturated heterocycles. The Bertz CT molecular complexity index is 1430. The lowest BCUT2D eigenvalue weighted by molar-refractivity contribution is -0.139. The molecule has 1 fully saturated rings. The molecule has 0 unspecified atom stereocenters. The second kappa shape index (κ2) is 10.6. The van der Waals surface area contributed by atoms with Crippen molar-refractivity contribution in [2.45, 2.75) is 95.4 Å². The highest BCUT2D eigenvalue weighted by molar-refractivity contribution is 7.89. The first-order valence-corrected chi connectivity index (χ1v) is 15.1. The second-order valence-corrected chi connectivity index (χ2v) is 14.2. The summed E-state index contributed by atoms with van der Waals surface area (Å²) in [6.07, 6.45) is 0.968. The van der Waals surface area contributed by atoms with Gasteiger partial charge in [0, 0.05) is 5.54 Å². The minimum atomic E-state index is -4.91. The number of thiazole rings is 1. The number of aliphatic hydroxyl groups is 1. The van der Waals surface area contributed by atoms with Gasteiger partial charge in [-0.3, -0.25) is 0 Å². The highest BCUT2D eigenvalue weighted by Crippen LogP contribution is 2.42. The summed E-state index contributed by atoms with van der Waals surface area (Å²) in [5, 5.41) is 18.4. The van der Waals surface area contributed by atoms with Gasteiger partial charge in [-0.05, 0) is 64.7 Å². The van der Waals surface area contributed by atoms with Gasteiger partial charge in [-0.1, -0.05) is 38.2 Å². The van der Waals surface area contributed by atoms with E-state index in [0.29, 0.717) is 27.9 Å². The van der Waals surface area contributed by atoms with Gasteiger partial charge in [0.2, 0.25) is 15.9 Å². The smallest absolute Gasteiger partial charge is 0.415 e. The van der Waals surface area contributed by atoms with E-state index in [1.807, 2.05) is 0 Å². The molecule has 0 bridgehead atoms. The van der Waals surface area contributed by atoms with Gasteiger partial charge < -0.3 is 9.52 Å². The van der Waals surface area contributed by atoms with Crippen molar-refractivity contribution in [2.24, 2.45) is 5.92 Å². The number of nitrogens with one attached hydrogen (secondary N) is 1. The number of nitrogens with zero attached hydrogens (tertiary/aromatic N) is 3. The van der Waals surface area contributed by atoms with Crippen LogP contribution in [0.1, 0.15) is 83.9 Å². The third-order valence-corrected chi connectivity index (χ3v) is 9.26. The molecule has 1 aromatic carbocycles. The Balaban J connectivity index is 1.83. The van der Waals surface area contributed by atoms with Gasteiger partial charge in [-0.15, -0.1) is 21.5 Å². The molecule has 1 saturated carbocycles. The van der Waals surface area contributed by atoms with Crippen molar-refractivity contribution in [2.75, 3.05) is 0 Å². The molecule has 0 atom stereocenters. The predicted molar refractivity (Wildman–Crippen MR) is 141 cm³/mol. The van der Waals surface area contributed by atoms with Crippen LogP contribution in [0.25, 0.3) is 21.3 Å². The highest BCUT2D eigenvalue weighted by atomic mass is 32.2. The molecule has 13 heteroatoms. The maximum atomic E-state index is 14.2. The first kappa shape index (κ1) is 29.6. The normalized spacial score (nSPS) is 16.1. The van der Waals surface area contributed by atoms with Crippen LogP contribution in [0.4, 0.5) is 13.2 Å². The minimum Gasteiger partial charge on any atom is -0.415 e. The van der Waals surface area contributed by atoms with Crippen molar-refractivity contribution < 1.29 is 31.1 Å². The van der Waals surface area contributed by atoms with Crippen molar-refractivity contribution in [3.63, 3.8) is 0 Å². The zero-order valence-electron chi connectivity index (χ0n) is 22.5. The fourth-order valence-corrected chi connectivity index (χ4v) is 7.25. The van der Waals surface area contributed by atoms with E-state index in [2.05, 4.69) is 19.9 Å². The lowest BCUT2D eigenvalue weighted by Crippen LogP contribution is -2.41. The third kappa shape index (κ3) is 7.05. The van der Waals surface area contributed by atoms with Crippen molar-refractivity contribution in [1.29, 1.82) is 0 Å². The van der Waals surface area contributed by atoms with Crippen LogP contribution < -0.4 is 4.72 Å². The molecule has 214 valence electrons. The Morgan fingerprint density at radius 3 is 2.31 bits per heavy atom. The van der Waals surface area contributed by atoms with E-state index in [1.54, 1.807) is 20.8 Å². The molecular weight excluding hydrogens is 553 g/mol. The standard InChI is InChI=1S/C26H33F3N4O4S2/c1-24(2,3)33-39(35,36)19-12-11-16(14-17(19)26(27,28)29)20-18(13-15-9-7-6-8-10-15)30-22(38-20)21-31-32-23(37-21)25(4,5)34/h11-12,14-15,33-34H,6-10,13H2,1-5H3. The summed E-state index contributed by atoms with van der Waals surface area (Å²) in [6, 6.07) is 3.24. The Kier molecular flexibility index (Phi) is 8.03. The Hall–Kier alpha value is -2.35. The van der Waals surface area contributed by atoms with Gasteiger partial charge in [0.25, 0.3) is 5.89 Å². The van der Waals surface area contributed by atoms with Crippen LogP contribution in [-0.2, 0) is 28.2 Å². The second-order valence-electron chi connectivity index (χ2n) is 11.5.